The van der Waals surface area contributed by atoms with Gasteiger partial charge in [0.2, 0.25) is 5.91 Å². The van der Waals surface area contributed by atoms with Crippen molar-refractivity contribution in [1.82, 2.24) is 14.5 Å². The summed E-state index contributed by atoms with van der Waals surface area (Å²) in [6, 6.07) is 4.55. The molecule has 9 heteroatoms. The number of hydrogen-bond acceptors (Lipinski definition) is 7. The van der Waals surface area contributed by atoms with Gasteiger partial charge in [-0.3, -0.25) is 14.2 Å². The van der Waals surface area contributed by atoms with Gasteiger partial charge in [0.05, 0.1) is 42.0 Å². The van der Waals surface area contributed by atoms with Crippen molar-refractivity contribution < 1.29 is 19.4 Å². The van der Waals surface area contributed by atoms with Crippen LogP contribution in [-0.2, 0) is 16.1 Å². The molecule has 1 N–H and O–H groups in total. The normalized spacial score (nSPS) is 15.3. The standard InChI is InChI=1S/C20H25N3O5S/c1-13(24)11-23-18(26)15-7-6-14(19(27)28-2)10-16(15)21-20(23)29-12-17(25)22-8-4-3-5-9-22/h6-7,10,13,24H,3-5,8-9,11-12H2,1-2H3/t13-/m0/s1. The van der Waals surface area contributed by atoms with Crippen molar-refractivity contribution in [3.05, 3.63) is 34.1 Å². The fourth-order valence-electron chi connectivity index (χ4n) is 3.34. The molecule has 2 heterocycles. The Balaban J connectivity index is 1.94. The number of benzene rings is 1. The van der Waals surface area contributed by atoms with Crippen molar-refractivity contribution in [2.75, 3.05) is 26.0 Å². The molecular weight excluding hydrogens is 394 g/mol. The highest BCUT2D eigenvalue weighted by Crippen LogP contribution is 2.21. The summed E-state index contributed by atoms with van der Waals surface area (Å²) in [5, 5.41) is 10.5. The van der Waals surface area contributed by atoms with Gasteiger partial charge in [0.25, 0.3) is 5.56 Å². The number of esters is 1. The molecule has 0 spiro atoms. The summed E-state index contributed by atoms with van der Waals surface area (Å²) >= 11 is 1.17. The summed E-state index contributed by atoms with van der Waals surface area (Å²) in [6.45, 7) is 3.17. The van der Waals surface area contributed by atoms with Crippen molar-refractivity contribution in [1.29, 1.82) is 0 Å². The highest BCUT2D eigenvalue weighted by atomic mass is 32.2. The molecule has 1 aliphatic rings. The van der Waals surface area contributed by atoms with Crippen LogP contribution in [0.2, 0.25) is 0 Å². The van der Waals surface area contributed by atoms with E-state index in [1.54, 1.807) is 6.92 Å². The number of rotatable bonds is 6. The summed E-state index contributed by atoms with van der Waals surface area (Å²) in [5.41, 5.74) is 0.327. The van der Waals surface area contributed by atoms with Crippen molar-refractivity contribution in [2.45, 2.75) is 44.0 Å². The maximum atomic E-state index is 13.0. The number of piperidine rings is 1. The SMILES string of the molecule is COC(=O)c1ccc2c(=O)n(C[C@H](C)O)c(SCC(=O)N3CCCCC3)nc2c1. The fraction of sp³-hybridized carbons (Fsp3) is 0.500. The molecule has 3 rings (SSSR count). The molecule has 1 aliphatic heterocycles. The van der Waals surface area contributed by atoms with Gasteiger partial charge in [0.1, 0.15) is 0 Å². The molecule has 0 saturated carbocycles. The Kier molecular flexibility index (Phi) is 6.92. The van der Waals surface area contributed by atoms with E-state index in [2.05, 4.69) is 4.98 Å². The van der Waals surface area contributed by atoms with E-state index in [0.29, 0.717) is 21.6 Å². The van der Waals surface area contributed by atoms with Crippen molar-refractivity contribution >= 4 is 34.5 Å². The quantitative estimate of drug-likeness (QED) is 0.432. The Bertz CT molecular complexity index is 966. The highest BCUT2D eigenvalue weighted by Gasteiger charge is 2.20. The number of hydrogen-bond donors (Lipinski definition) is 1. The number of amides is 1. The van der Waals surface area contributed by atoms with Gasteiger partial charge in [-0.1, -0.05) is 11.8 Å². The number of aliphatic hydroxyl groups is 1. The third kappa shape index (κ3) is 4.97. The van der Waals surface area contributed by atoms with Gasteiger partial charge in [0.15, 0.2) is 5.16 Å². The van der Waals surface area contributed by atoms with Gasteiger partial charge in [-0.2, -0.15) is 0 Å². The van der Waals surface area contributed by atoms with E-state index in [1.807, 2.05) is 4.90 Å². The first kappa shape index (κ1) is 21.3. The van der Waals surface area contributed by atoms with Crippen LogP contribution >= 0.6 is 11.8 Å². The smallest absolute Gasteiger partial charge is 0.337 e. The minimum atomic E-state index is -0.751. The second-order valence-electron chi connectivity index (χ2n) is 7.11. The number of fused-ring (bicyclic) bond motifs is 1. The lowest BCUT2D eigenvalue weighted by molar-refractivity contribution is -0.129. The molecule has 29 heavy (non-hydrogen) atoms. The number of carbonyl (C=O) groups excluding carboxylic acids is 2. The minimum absolute atomic E-state index is 0.0101. The molecule has 156 valence electrons. The number of methoxy groups -OCH3 is 1. The molecule has 0 unspecified atom stereocenters. The Labute approximate surface area is 172 Å². The predicted octanol–water partition coefficient (Wildman–Crippen LogP) is 1.67. The number of likely N-dealkylation sites (tertiary alicyclic amines) is 1. The van der Waals surface area contributed by atoms with Gasteiger partial charge in [0, 0.05) is 13.1 Å². The first-order chi connectivity index (χ1) is 13.9. The van der Waals surface area contributed by atoms with E-state index in [9.17, 15) is 19.5 Å². The van der Waals surface area contributed by atoms with Crippen LogP contribution in [0, 0.1) is 0 Å². The first-order valence-corrected chi connectivity index (χ1v) is 10.6. The summed E-state index contributed by atoms with van der Waals surface area (Å²) < 4.78 is 6.12. The molecule has 1 aromatic heterocycles. The number of thioether (sulfide) groups is 1. The Morgan fingerprint density at radius 3 is 2.66 bits per heavy atom. The molecule has 2 aromatic rings. The molecule has 0 bridgehead atoms. The van der Waals surface area contributed by atoms with Gasteiger partial charge < -0.3 is 14.7 Å². The Hall–Kier alpha value is -2.39. The third-order valence-electron chi connectivity index (χ3n) is 4.82. The largest absolute Gasteiger partial charge is 0.465 e. The average Bonchev–Trinajstić information content (AvgIpc) is 2.73. The second kappa shape index (κ2) is 9.41. The van der Waals surface area contributed by atoms with Crippen LogP contribution in [0.3, 0.4) is 0 Å². The molecule has 1 aromatic carbocycles. The molecule has 0 aliphatic carbocycles. The van der Waals surface area contributed by atoms with Crippen LogP contribution in [0.15, 0.2) is 28.2 Å². The van der Waals surface area contributed by atoms with E-state index in [4.69, 9.17) is 4.74 Å². The van der Waals surface area contributed by atoms with E-state index in [1.165, 1.54) is 41.6 Å². The lowest BCUT2D eigenvalue weighted by Gasteiger charge is -2.26. The monoisotopic (exact) mass is 419 g/mol. The van der Waals surface area contributed by atoms with Crippen LogP contribution in [0.4, 0.5) is 0 Å². The molecule has 1 atom stereocenters. The summed E-state index contributed by atoms with van der Waals surface area (Å²) in [7, 11) is 1.29. The third-order valence-corrected chi connectivity index (χ3v) is 5.78. The molecule has 1 saturated heterocycles. The zero-order valence-corrected chi connectivity index (χ0v) is 17.4. The number of nitrogens with zero attached hydrogens (tertiary/aromatic N) is 3. The fourth-order valence-corrected chi connectivity index (χ4v) is 4.25. The Morgan fingerprint density at radius 1 is 1.28 bits per heavy atom. The van der Waals surface area contributed by atoms with E-state index >= 15 is 0 Å². The van der Waals surface area contributed by atoms with Gasteiger partial charge in [-0.15, -0.1) is 0 Å². The number of carbonyl (C=O) groups is 2. The van der Waals surface area contributed by atoms with Crippen LogP contribution in [0.1, 0.15) is 36.5 Å². The second-order valence-corrected chi connectivity index (χ2v) is 8.06. The van der Waals surface area contributed by atoms with E-state index in [0.717, 1.165) is 32.4 Å². The maximum Gasteiger partial charge on any atom is 0.337 e. The van der Waals surface area contributed by atoms with Gasteiger partial charge in [-0.25, -0.2) is 9.78 Å². The predicted molar refractivity (Wildman–Crippen MR) is 110 cm³/mol. The molecule has 0 radical (unpaired) electrons. The van der Waals surface area contributed by atoms with Crippen molar-refractivity contribution in [3.63, 3.8) is 0 Å². The minimum Gasteiger partial charge on any atom is -0.465 e. The summed E-state index contributed by atoms with van der Waals surface area (Å²) in [4.78, 5) is 43.6. The topological polar surface area (TPSA) is 102 Å². The van der Waals surface area contributed by atoms with Crippen LogP contribution in [-0.4, -0.2) is 63.5 Å². The van der Waals surface area contributed by atoms with Crippen molar-refractivity contribution in [2.24, 2.45) is 0 Å². The number of aromatic nitrogens is 2. The lowest BCUT2D eigenvalue weighted by atomic mass is 10.1. The van der Waals surface area contributed by atoms with Crippen LogP contribution in [0.5, 0.6) is 0 Å². The lowest BCUT2D eigenvalue weighted by Crippen LogP contribution is -2.37. The van der Waals surface area contributed by atoms with E-state index in [-0.39, 0.29) is 23.8 Å². The van der Waals surface area contributed by atoms with E-state index < -0.39 is 12.1 Å². The Morgan fingerprint density at radius 2 is 2.00 bits per heavy atom. The number of ether oxygens (including phenoxy) is 1. The first-order valence-electron chi connectivity index (χ1n) is 9.62. The molecule has 1 fully saturated rings. The highest BCUT2D eigenvalue weighted by molar-refractivity contribution is 7.99. The van der Waals surface area contributed by atoms with Crippen LogP contribution in [0.25, 0.3) is 10.9 Å². The van der Waals surface area contributed by atoms with Crippen molar-refractivity contribution in [3.8, 4) is 0 Å². The molecule has 1 amide bonds. The van der Waals surface area contributed by atoms with Crippen LogP contribution < -0.4 is 5.56 Å². The zero-order valence-electron chi connectivity index (χ0n) is 16.6. The maximum absolute atomic E-state index is 13.0. The summed E-state index contributed by atoms with van der Waals surface area (Å²) in [5.74, 6) is -0.346. The van der Waals surface area contributed by atoms with Gasteiger partial charge in [-0.05, 0) is 44.4 Å². The zero-order chi connectivity index (χ0) is 21.0. The number of aliphatic hydroxyl groups excluding tert-OH is 1. The molecule has 8 nitrogen and oxygen atoms in total. The molecular formula is C20H25N3O5S. The summed E-state index contributed by atoms with van der Waals surface area (Å²) in [6.07, 6.45) is 2.40. The average molecular weight is 420 g/mol. The van der Waals surface area contributed by atoms with Gasteiger partial charge >= 0.3 is 5.97 Å².